The maximum atomic E-state index is 13.5. The third kappa shape index (κ3) is 4.96. The molecule has 0 bridgehead atoms. The first-order valence-electron chi connectivity index (χ1n) is 13.5. The fourth-order valence-corrected chi connectivity index (χ4v) is 5.47. The number of nitrogens with one attached hydrogen (secondary N) is 1. The molecule has 0 fully saturated rings. The van der Waals surface area contributed by atoms with E-state index in [-0.39, 0.29) is 17.7 Å². The second kappa shape index (κ2) is 10.6. The highest BCUT2D eigenvalue weighted by Gasteiger charge is 2.26. The van der Waals surface area contributed by atoms with Crippen molar-refractivity contribution in [3.05, 3.63) is 126 Å². The molecule has 2 heterocycles. The summed E-state index contributed by atoms with van der Waals surface area (Å²) < 4.78 is 6.24. The monoisotopic (exact) mass is 514 g/mol. The Kier molecular flexibility index (Phi) is 6.72. The fraction of sp³-hybridized carbons (Fsp3) is 0.176. The Labute approximate surface area is 228 Å². The molecule has 4 aromatic carbocycles. The van der Waals surface area contributed by atoms with Crippen molar-refractivity contribution in [2.24, 2.45) is 0 Å². The Bertz CT molecular complexity index is 1650. The first kappa shape index (κ1) is 24.7. The number of benzene rings is 4. The Hall–Kier alpha value is -4.64. The lowest BCUT2D eigenvalue weighted by atomic mass is 9.95. The minimum Gasteiger partial charge on any atom is -0.461 e. The van der Waals surface area contributed by atoms with Crippen molar-refractivity contribution >= 4 is 28.3 Å². The summed E-state index contributed by atoms with van der Waals surface area (Å²) in [6.07, 6.45) is 1.38. The molecule has 6 rings (SSSR count). The van der Waals surface area contributed by atoms with Crippen LogP contribution in [0.25, 0.3) is 22.1 Å². The minimum atomic E-state index is -0.212. The number of hydrogen-bond donors (Lipinski definition) is 1. The van der Waals surface area contributed by atoms with E-state index in [0.29, 0.717) is 25.9 Å². The molecule has 194 valence electrons. The quantitative estimate of drug-likeness (QED) is 0.256. The molecule has 0 aliphatic carbocycles. The number of carbonyl (C=O) groups is 2. The molecule has 5 nitrogen and oxygen atoms in total. The van der Waals surface area contributed by atoms with Crippen LogP contribution < -0.4 is 5.32 Å². The summed E-state index contributed by atoms with van der Waals surface area (Å²) in [6, 6.07) is 33.5. The molecule has 1 aromatic heterocycles. The lowest BCUT2D eigenvalue weighted by Gasteiger charge is -2.26. The Balaban J connectivity index is 1.19. The smallest absolute Gasteiger partial charge is 0.254 e. The maximum Gasteiger partial charge on any atom is 0.254 e. The average molecular weight is 515 g/mol. The van der Waals surface area contributed by atoms with E-state index >= 15 is 0 Å². The van der Waals surface area contributed by atoms with Gasteiger partial charge in [-0.1, -0.05) is 85.8 Å². The van der Waals surface area contributed by atoms with Crippen LogP contribution in [0.5, 0.6) is 0 Å². The molecular formula is C34H30N2O3. The van der Waals surface area contributed by atoms with Crippen molar-refractivity contribution in [3.63, 3.8) is 0 Å². The summed E-state index contributed by atoms with van der Waals surface area (Å²) in [5, 5.41) is 5.12. The zero-order chi connectivity index (χ0) is 26.8. The van der Waals surface area contributed by atoms with Gasteiger partial charge in [-0.15, -0.1) is 0 Å². The molecule has 0 radical (unpaired) electrons. The summed E-state index contributed by atoms with van der Waals surface area (Å²) in [4.78, 5) is 28.5. The summed E-state index contributed by atoms with van der Waals surface area (Å²) in [5.74, 6) is 1.45. The van der Waals surface area contributed by atoms with Crippen LogP contribution in [0.2, 0.25) is 0 Å². The van der Waals surface area contributed by atoms with E-state index in [1.807, 2.05) is 115 Å². The van der Waals surface area contributed by atoms with Crippen molar-refractivity contribution in [3.8, 4) is 11.3 Å². The van der Waals surface area contributed by atoms with Gasteiger partial charge in [-0.25, -0.2) is 0 Å². The highest BCUT2D eigenvalue weighted by Crippen LogP contribution is 2.32. The largest absolute Gasteiger partial charge is 0.461 e. The molecule has 1 aliphatic rings. The van der Waals surface area contributed by atoms with Crippen LogP contribution in [0.3, 0.4) is 0 Å². The van der Waals surface area contributed by atoms with Crippen LogP contribution in [-0.4, -0.2) is 23.3 Å². The summed E-state index contributed by atoms with van der Waals surface area (Å²) >= 11 is 0. The first-order chi connectivity index (χ1) is 19.1. The minimum absolute atomic E-state index is 0.0258. The number of anilines is 1. The normalized spacial score (nSPS) is 13.6. The zero-order valence-corrected chi connectivity index (χ0v) is 21.9. The predicted octanol–water partition coefficient (Wildman–Crippen LogP) is 7.43. The number of rotatable bonds is 6. The molecule has 5 heteroatoms. The van der Waals surface area contributed by atoms with Crippen molar-refractivity contribution in [1.82, 2.24) is 4.90 Å². The Morgan fingerprint density at radius 2 is 1.67 bits per heavy atom. The molecule has 39 heavy (non-hydrogen) atoms. The van der Waals surface area contributed by atoms with Crippen molar-refractivity contribution in [2.75, 3.05) is 11.9 Å². The van der Waals surface area contributed by atoms with Gasteiger partial charge in [0.2, 0.25) is 5.91 Å². The van der Waals surface area contributed by atoms with Crippen molar-refractivity contribution in [1.29, 1.82) is 0 Å². The number of fused-ring (bicyclic) bond motifs is 2. The van der Waals surface area contributed by atoms with Gasteiger partial charge in [0.05, 0.1) is 5.92 Å². The molecule has 0 spiro atoms. The zero-order valence-electron chi connectivity index (χ0n) is 21.9. The topological polar surface area (TPSA) is 62.6 Å². The first-order valence-corrected chi connectivity index (χ1v) is 13.5. The second-order valence-electron chi connectivity index (χ2n) is 10.0. The van der Waals surface area contributed by atoms with Crippen LogP contribution in [0.4, 0.5) is 5.69 Å². The predicted molar refractivity (Wildman–Crippen MR) is 155 cm³/mol. The van der Waals surface area contributed by atoms with E-state index < -0.39 is 0 Å². The SMILES string of the molecule is CC[C@H](C(=O)Nc1cccc(-c2cc3c(o2)CCN(C(=O)c2cccc4ccccc24)C3)c1)c1ccccc1. The second-order valence-corrected chi connectivity index (χ2v) is 10.0. The van der Waals surface area contributed by atoms with Crippen LogP contribution >= 0.6 is 0 Å². The highest BCUT2D eigenvalue weighted by molar-refractivity contribution is 6.07. The van der Waals surface area contributed by atoms with E-state index in [0.717, 1.165) is 50.2 Å². The van der Waals surface area contributed by atoms with Gasteiger partial charge in [-0.3, -0.25) is 9.59 Å². The van der Waals surface area contributed by atoms with E-state index in [4.69, 9.17) is 4.42 Å². The standard InChI is InChI=1S/C34H30N2O3/c1-2-28(23-10-4-3-5-11-23)33(37)35-27-15-8-14-25(20-27)32-21-26-22-36(19-18-31(26)39-32)34(38)30-17-9-13-24-12-6-7-16-29(24)30/h3-17,20-21,28H,2,18-19,22H2,1H3,(H,35,37)/t28-/m0/s1. The van der Waals surface area contributed by atoms with Gasteiger partial charge in [0.15, 0.2) is 0 Å². The molecule has 2 amide bonds. The van der Waals surface area contributed by atoms with Gasteiger partial charge in [0.25, 0.3) is 5.91 Å². The van der Waals surface area contributed by atoms with Crippen LogP contribution in [0.15, 0.2) is 108 Å². The highest BCUT2D eigenvalue weighted by atomic mass is 16.3. The van der Waals surface area contributed by atoms with E-state index in [1.165, 1.54) is 0 Å². The molecule has 0 unspecified atom stereocenters. The number of furan rings is 1. The molecule has 5 aromatic rings. The van der Waals surface area contributed by atoms with Gasteiger partial charge >= 0.3 is 0 Å². The summed E-state index contributed by atoms with van der Waals surface area (Å²) in [7, 11) is 0. The lowest BCUT2D eigenvalue weighted by molar-refractivity contribution is -0.117. The van der Waals surface area contributed by atoms with E-state index in [1.54, 1.807) is 0 Å². The number of amides is 2. The Morgan fingerprint density at radius 3 is 2.51 bits per heavy atom. The molecule has 1 aliphatic heterocycles. The number of carbonyl (C=O) groups excluding carboxylic acids is 2. The maximum absolute atomic E-state index is 13.5. The molecule has 0 saturated heterocycles. The van der Waals surface area contributed by atoms with Gasteiger partial charge in [0.1, 0.15) is 11.5 Å². The number of nitrogens with zero attached hydrogens (tertiary/aromatic N) is 1. The van der Waals surface area contributed by atoms with Gasteiger partial charge < -0.3 is 14.6 Å². The van der Waals surface area contributed by atoms with E-state index in [9.17, 15) is 9.59 Å². The molecular weight excluding hydrogens is 484 g/mol. The average Bonchev–Trinajstić information content (AvgIpc) is 3.41. The van der Waals surface area contributed by atoms with Crippen LogP contribution in [0, 0.1) is 0 Å². The van der Waals surface area contributed by atoms with Gasteiger partial charge in [-0.2, -0.15) is 0 Å². The van der Waals surface area contributed by atoms with Crippen molar-refractivity contribution < 1.29 is 14.0 Å². The summed E-state index contributed by atoms with van der Waals surface area (Å²) in [6.45, 7) is 3.14. The summed E-state index contributed by atoms with van der Waals surface area (Å²) in [5.41, 5.74) is 4.38. The van der Waals surface area contributed by atoms with E-state index in [2.05, 4.69) is 5.32 Å². The van der Waals surface area contributed by atoms with Crippen LogP contribution in [-0.2, 0) is 17.8 Å². The van der Waals surface area contributed by atoms with Crippen LogP contribution in [0.1, 0.15) is 46.5 Å². The fourth-order valence-electron chi connectivity index (χ4n) is 5.47. The van der Waals surface area contributed by atoms with Gasteiger partial charge in [-0.05, 0) is 47.0 Å². The Morgan fingerprint density at radius 1 is 0.897 bits per heavy atom. The third-order valence-electron chi connectivity index (χ3n) is 7.52. The third-order valence-corrected chi connectivity index (χ3v) is 7.52. The molecule has 0 saturated carbocycles. The van der Waals surface area contributed by atoms with Gasteiger partial charge in [0, 0.05) is 41.9 Å². The lowest BCUT2D eigenvalue weighted by Crippen LogP contribution is -2.35. The molecule has 1 atom stereocenters. The molecule has 1 N–H and O–H groups in total. The van der Waals surface area contributed by atoms with Crippen molar-refractivity contribution in [2.45, 2.75) is 32.2 Å². The number of hydrogen-bond acceptors (Lipinski definition) is 3.